The van der Waals surface area contributed by atoms with Gasteiger partial charge in [-0.2, -0.15) is 5.10 Å². The molecule has 2 rings (SSSR count). The van der Waals surface area contributed by atoms with Gasteiger partial charge < -0.3 is 5.32 Å². The molecule has 1 amide bonds. The minimum Gasteiger partial charge on any atom is -0.352 e. The molecule has 0 fully saturated rings. The minimum absolute atomic E-state index is 0.197. The van der Waals surface area contributed by atoms with Crippen LogP contribution in [0.2, 0.25) is 0 Å². The number of nitrogens with zero attached hydrogens (tertiary/aromatic N) is 4. The van der Waals surface area contributed by atoms with Crippen LogP contribution in [0, 0.1) is 16.0 Å². The van der Waals surface area contributed by atoms with Crippen molar-refractivity contribution in [1.82, 2.24) is 20.1 Å². The molecule has 21 heavy (non-hydrogen) atoms. The van der Waals surface area contributed by atoms with Gasteiger partial charge in [0.05, 0.1) is 4.92 Å². The number of amides is 1. The number of carbonyl (C=O) groups is 1. The van der Waals surface area contributed by atoms with Crippen LogP contribution >= 0.6 is 0 Å². The molecule has 0 saturated carbocycles. The lowest BCUT2D eigenvalue weighted by Crippen LogP contribution is -2.27. The summed E-state index contributed by atoms with van der Waals surface area (Å²) in [5.74, 6) is -0.0321. The summed E-state index contributed by atoms with van der Waals surface area (Å²) < 4.78 is 1.29. The summed E-state index contributed by atoms with van der Waals surface area (Å²) in [5.41, 5.74) is 0.307. The van der Waals surface area contributed by atoms with Crippen LogP contribution < -0.4 is 5.32 Å². The molecule has 8 heteroatoms. The number of nitro groups is 1. The summed E-state index contributed by atoms with van der Waals surface area (Å²) in [6.45, 7) is 4.45. The molecule has 0 unspecified atom stereocenters. The Morgan fingerprint density at radius 2 is 2.24 bits per heavy atom. The van der Waals surface area contributed by atoms with Crippen LogP contribution in [0.4, 0.5) is 5.69 Å². The number of benzene rings is 1. The number of carbonyl (C=O) groups excluding carboxylic acids is 1. The van der Waals surface area contributed by atoms with Crippen LogP contribution in [0.25, 0.3) is 5.69 Å². The summed E-state index contributed by atoms with van der Waals surface area (Å²) in [5, 5.41) is 17.8. The highest BCUT2D eigenvalue weighted by molar-refractivity contribution is 5.95. The minimum atomic E-state index is -0.545. The van der Waals surface area contributed by atoms with Crippen LogP contribution in [0.15, 0.2) is 30.9 Å². The maximum atomic E-state index is 12.0. The van der Waals surface area contributed by atoms with Crippen molar-refractivity contribution in [3.05, 3.63) is 46.5 Å². The average Bonchev–Trinajstić information content (AvgIpc) is 2.98. The van der Waals surface area contributed by atoms with E-state index in [0.29, 0.717) is 12.5 Å². The number of hydrogen-bond acceptors (Lipinski definition) is 5. The number of nitro benzene ring substituents is 1. The lowest BCUT2D eigenvalue weighted by Gasteiger charge is -2.08. The number of rotatable bonds is 5. The molecule has 0 aliphatic rings. The fourth-order valence-corrected chi connectivity index (χ4v) is 1.74. The van der Waals surface area contributed by atoms with E-state index in [1.807, 2.05) is 13.8 Å². The van der Waals surface area contributed by atoms with E-state index in [4.69, 9.17) is 0 Å². The summed E-state index contributed by atoms with van der Waals surface area (Å²) in [4.78, 5) is 26.3. The van der Waals surface area contributed by atoms with E-state index in [0.717, 1.165) is 0 Å². The normalized spacial score (nSPS) is 10.6. The fourth-order valence-electron chi connectivity index (χ4n) is 1.74. The van der Waals surface area contributed by atoms with E-state index in [2.05, 4.69) is 15.4 Å². The van der Waals surface area contributed by atoms with Crippen LogP contribution in [0.3, 0.4) is 0 Å². The zero-order valence-corrected chi connectivity index (χ0v) is 11.7. The van der Waals surface area contributed by atoms with Gasteiger partial charge in [0.1, 0.15) is 18.3 Å². The summed E-state index contributed by atoms with van der Waals surface area (Å²) >= 11 is 0. The van der Waals surface area contributed by atoms with E-state index in [1.54, 1.807) is 0 Å². The van der Waals surface area contributed by atoms with Crippen LogP contribution in [0.1, 0.15) is 24.2 Å². The largest absolute Gasteiger partial charge is 0.352 e. The maximum absolute atomic E-state index is 12.0. The Hall–Kier alpha value is -2.77. The van der Waals surface area contributed by atoms with Crippen LogP contribution in [-0.4, -0.2) is 32.1 Å². The molecule has 1 N–H and O–H groups in total. The van der Waals surface area contributed by atoms with Crippen molar-refractivity contribution in [1.29, 1.82) is 0 Å². The molecule has 2 aromatic rings. The van der Waals surface area contributed by atoms with Gasteiger partial charge in [-0.3, -0.25) is 14.9 Å². The molecular formula is C13H15N5O3. The molecule has 0 atom stereocenters. The summed E-state index contributed by atoms with van der Waals surface area (Å²) in [6, 6.07) is 4.25. The van der Waals surface area contributed by atoms with Gasteiger partial charge in [-0.15, -0.1) is 0 Å². The third kappa shape index (κ3) is 3.41. The van der Waals surface area contributed by atoms with Gasteiger partial charge in [-0.25, -0.2) is 9.67 Å². The van der Waals surface area contributed by atoms with E-state index < -0.39 is 4.92 Å². The summed E-state index contributed by atoms with van der Waals surface area (Å²) in [7, 11) is 0. The first-order valence-electron chi connectivity index (χ1n) is 6.40. The van der Waals surface area contributed by atoms with Gasteiger partial charge in [0, 0.05) is 18.2 Å². The van der Waals surface area contributed by atoms with Crippen molar-refractivity contribution in [2.45, 2.75) is 13.8 Å². The molecular weight excluding hydrogens is 274 g/mol. The Kier molecular flexibility index (Phi) is 4.27. The number of nitrogens with one attached hydrogen (secondary N) is 1. The Bertz CT molecular complexity index is 652. The molecule has 1 aromatic carbocycles. The molecule has 1 heterocycles. The first-order valence-corrected chi connectivity index (χ1v) is 6.40. The monoisotopic (exact) mass is 289 g/mol. The second-order valence-corrected chi connectivity index (χ2v) is 4.90. The lowest BCUT2D eigenvalue weighted by atomic mass is 10.1. The zero-order chi connectivity index (χ0) is 15.4. The summed E-state index contributed by atoms with van der Waals surface area (Å²) in [6.07, 6.45) is 2.65. The van der Waals surface area contributed by atoms with Gasteiger partial charge in [-0.1, -0.05) is 13.8 Å². The number of aromatic nitrogens is 3. The van der Waals surface area contributed by atoms with Gasteiger partial charge >= 0.3 is 0 Å². The maximum Gasteiger partial charge on any atom is 0.295 e. The van der Waals surface area contributed by atoms with Gasteiger partial charge in [0.15, 0.2) is 0 Å². The molecule has 0 aliphatic heterocycles. The van der Waals surface area contributed by atoms with Crippen molar-refractivity contribution in [2.75, 3.05) is 6.54 Å². The third-order valence-electron chi connectivity index (χ3n) is 2.77. The molecule has 0 saturated heterocycles. The van der Waals surface area contributed by atoms with Gasteiger partial charge in [0.25, 0.3) is 11.6 Å². The Balaban J connectivity index is 2.33. The molecule has 0 aliphatic carbocycles. The zero-order valence-electron chi connectivity index (χ0n) is 11.7. The van der Waals surface area contributed by atoms with Gasteiger partial charge in [0.2, 0.25) is 0 Å². The van der Waals surface area contributed by atoms with Crippen LogP contribution in [-0.2, 0) is 0 Å². The molecule has 0 bridgehead atoms. The second kappa shape index (κ2) is 6.12. The Labute approximate surface area is 121 Å². The molecule has 0 radical (unpaired) electrons. The topological polar surface area (TPSA) is 103 Å². The predicted molar refractivity (Wildman–Crippen MR) is 75.2 cm³/mol. The second-order valence-electron chi connectivity index (χ2n) is 4.90. The van der Waals surface area contributed by atoms with Crippen LogP contribution in [0.5, 0.6) is 0 Å². The molecule has 1 aromatic heterocycles. The quantitative estimate of drug-likeness (QED) is 0.664. The molecule has 8 nitrogen and oxygen atoms in total. The fraction of sp³-hybridized carbons (Fsp3) is 0.308. The standard InChI is InChI=1S/C13H15N5O3/c1-9(2)6-15-13(19)10-3-4-11(12(5-10)18(20)21)17-8-14-7-16-17/h3-5,7-9H,6H2,1-2H3,(H,15,19). The Morgan fingerprint density at radius 1 is 1.48 bits per heavy atom. The van der Waals surface area contributed by atoms with E-state index in [-0.39, 0.29) is 22.8 Å². The average molecular weight is 289 g/mol. The van der Waals surface area contributed by atoms with E-state index in [9.17, 15) is 14.9 Å². The number of hydrogen-bond donors (Lipinski definition) is 1. The third-order valence-corrected chi connectivity index (χ3v) is 2.77. The van der Waals surface area contributed by atoms with Gasteiger partial charge in [-0.05, 0) is 18.1 Å². The first kappa shape index (κ1) is 14.6. The highest BCUT2D eigenvalue weighted by Crippen LogP contribution is 2.23. The highest BCUT2D eigenvalue weighted by Gasteiger charge is 2.19. The van der Waals surface area contributed by atoms with E-state index in [1.165, 1.54) is 35.5 Å². The predicted octanol–water partition coefficient (Wildman–Crippen LogP) is 1.56. The van der Waals surface area contributed by atoms with Crippen molar-refractivity contribution in [3.63, 3.8) is 0 Å². The molecule has 0 spiro atoms. The lowest BCUT2D eigenvalue weighted by molar-refractivity contribution is -0.384. The van der Waals surface area contributed by atoms with Crippen molar-refractivity contribution < 1.29 is 9.72 Å². The highest BCUT2D eigenvalue weighted by atomic mass is 16.6. The van der Waals surface area contributed by atoms with Crippen molar-refractivity contribution in [2.24, 2.45) is 5.92 Å². The smallest absolute Gasteiger partial charge is 0.295 e. The Morgan fingerprint density at radius 3 is 2.81 bits per heavy atom. The molecule has 110 valence electrons. The van der Waals surface area contributed by atoms with E-state index >= 15 is 0 Å². The van der Waals surface area contributed by atoms with Crippen molar-refractivity contribution >= 4 is 11.6 Å². The SMILES string of the molecule is CC(C)CNC(=O)c1ccc(-n2cncn2)c([N+](=O)[O-])c1. The van der Waals surface area contributed by atoms with Crippen molar-refractivity contribution in [3.8, 4) is 5.69 Å². The first-order chi connectivity index (χ1) is 9.99.